The van der Waals surface area contributed by atoms with Gasteiger partial charge in [0.2, 0.25) is 5.91 Å². The molecule has 0 saturated carbocycles. The Morgan fingerprint density at radius 2 is 2.33 bits per heavy atom. The highest BCUT2D eigenvalue weighted by atomic mass is 32.1. The predicted octanol–water partition coefficient (Wildman–Crippen LogP) is 1.48. The van der Waals surface area contributed by atoms with Gasteiger partial charge in [0.15, 0.2) is 0 Å². The lowest BCUT2D eigenvalue weighted by Gasteiger charge is -2.09. The van der Waals surface area contributed by atoms with E-state index in [4.69, 9.17) is 5.11 Å². The van der Waals surface area contributed by atoms with Crippen LogP contribution in [0.15, 0.2) is 17.5 Å². The van der Waals surface area contributed by atoms with Crippen LogP contribution in [0.3, 0.4) is 0 Å². The molecule has 1 heterocycles. The summed E-state index contributed by atoms with van der Waals surface area (Å²) < 4.78 is 0. The fourth-order valence-electron chi connectivity index (χ4n) is 1.18. The summed E-state index contributed by atoms with van der Waals surface area (Å²) in [7, 11) is 0. The van der Waals surface area contributed by atoms with Gasteiger partial charge in [0.25, 0.3) is 0 Å². The summed E-state index contributed by atoms with van der Waals surface area (Å²) in [4.78, 5) is 23.1. The lowest BCUT2D eigenvalue weighted by Crippen LogP contribution is -2.34. The Morgan fingerprint density at radius 1 is 1.60 bits per heavy atom. The quantitative estimate of drug-likeness (QED) is 0.749. The third-order valence-corrected chi connectivity index (χ3v) is 2.92. The molecule has 1 aromatic rings. The topological polar surface area (TPSA) is 66.4 Å². The summed E-state index contributed by atoms with van der Waals surface area (Å²) in [6.45, 7) is 2.09. The van der Waals surface area contributed by atoms with Gasteiger partial charge in [-0.15, -0.1) is 11.3 Å². The number of amides is 1. The Balaban J connectivity index is 2.44. The van der Waals surface area contributed by atoms with E-state index in [1.807, 2.05) is 17.5 Å². The second kappa shape index (κ2) is 5.50. The molecule has 0 aliphatic carbocycles. The van der Waals surface area contributed by atoms with Gasteiger partial charge < -0.3 is 10.4 Å². The van der Waals surface area contributed by atoms with Gasteiger partial charge in [-0.05, 0) is 17.9 Å². The molecule has 4 nitrogen and oxygen atoms in total. The zero-order valence-electron chi connectivity index (χ0n) is 8.40. The van der Waals surface area contributed by atoms with Gasteiger partial charge in [-0.1, -0.05) is 13.0 Å². The predicted molar refractivity (Wildman–Crippen MR) is 57.6 cm³/mol. The maximum absolute atomic E-state index is 11.4. The molecule has 1 amide bonds. The van der Waals surface area contributed by atoms with Crippen molar-refractivity contribution in [3.05, 3.63) is 22.4 Å². The zero-order chi connectivity index (χ0) is 11.3. The molecule has 0 fully saturated rings. The molecule has 2 N–H and O–H groups in total. The first-order valence-corrected chi connectivity index (χ1v) is 5.56. The standard InChI is InChI=1S/C10H13NO3S/c1-2-8(10(13)14)9(12)11-6-7-4-3-5-15-7/h3-5,8H,2,6H2,1H3,(H,11,12)(H,13,14). The summed E-state index contributed by atoms with van der Waals surface area (Å²) in [5.74, 6) is -2.43. The summed E-state index contributed by atoms with van der Waals surface area (Å²) in [5, 5.41) is 13.3. The number of thiophene rings is 1. The SMILES string of the molecule is CCC(C(=O)O)C(=O)NCc1cccs1. The van der Waals surface area contributed by atoms with Crippen LogP contribution < -0.4 is 5.32 Å². The number of hydrogen-bond acceptors (Lipinski definition) is 3. The van der Waals surface area contributed by atoms with Gasteiger partial charge in [-0.25, -0.2) is 0 Å². The molecule has 5 heteroatoms. The minimum absolute atomic E-state index is 0.311. The van der Waals surface area contributed by atoms with E-state index >= 15 is 0 Å². The second-order valence-electron chi connectivity index (χ2n) is 3.10. The Kier molecular flexibility index (Phi) is 4.30. The fourth-order valence-corrected chi connectivity index (χ4v) is 1.83. The Labute approximate surface area is 91.9 Å². The van der Waals surface area contributed by atoms with E-state index < -0.39 is 17.8 Å². The third-order valence-electron chi connectivity index (χ3n) is 2.04. The molecule has 0 aromatic carbocycles. The van der Waals surface area contributed by atoms with Crippen LogP contribution in [0.2, 0.25) is 0 Å². The van der Waals surface area contributed by atoms with E-state index in [1.165, 1.54) is 11.3 Å². The van der Waals surface area contributed by atoms with Crippen LogP contribution in [0.4, 0.5) is 0 Å². The van der Waals surface area contributed by atoms with E-state index in [-0.39, 0.29) is 0 Å². The van der Waals surface area contributed by atoms with Gasteiger partial charge in [-0.2, -0.15) is 0 Å². The number of nitrogens with one attached hydrogen (secondary N) is 1. The number of carbonyl (C=O) groups is 2. The molecule has 0 bridgehead atoms. The first kappa shape index (κ1) is 11.7. The van der Waals surface area contributed by atoms with Crippen LogP contribution in [0.25, 0.3) is 0 Å². The third kappa shape index (κ3) is 3.36. The molecule has 15 heavy (non-hydrogen) atoms. The average Bonchev–Trinajstić information content (AvgIpc) is 2.67. The van der Waals surface area contributed by atoms with Crippen molar-refractivity contribution in [3.8, 4) is 0 Å². The van der Waals surface area contributed by atoms with Crippen LogP contribution in [0, 0.1) is 5.92 Å². The molecule has 0 saturated heterocycles. The lowest BCUT2D eigenvalue weighted by atomic mass is 10.1. The highest BCUT2D eigenvalue weighted by Crippen LogP contribution is 2.09. The fraction of sp³-hybridized carbons (Fsp3) is 0.400. The van der Waals surface area contributed by atoms with E-state index in [1.54, 1.807) is 6.92 Å². The van der Waals surface area contributed by atoms with Gasteiger partial charge in [-0.3, -0.25) is 9.59 Å². The van der Waals surface area contributed by atoms with Crippen molar-refractivity contribution in [1.82, 2.24) is 5.32 Å². The number of aliphatic carboxylic acids is 1. The first-order chi connectivity index (χ1) is 7.15. The number of carboxylic acids is 1. The van der Waals surface area contributed by atoms with E-state index in [9.17, 15) is 9.59 Å². The van der Waals surface area contributed by atoms with Crippen molar-refractivity contribution in [3.63, 3.8) is 0 Å². The summed E-state index contributed by atoms with van der Waals surface area (Å²) >= 11 is 1.53. The number of rotatable bonds is 5. The number of hydrogen-bond donors (Lipinski definition) is 2. The molecule has 1 rings (SSSR count). The zero-order valence-corrected chi connectivity index (χ0v) is 9.21. The highest BCUT2D eigenvalue weighted by Gasteiger charge is 2.23. The molecule has 1 unspecified atom stereocenters. The van der Waals surface area contributed by atoms with E-state index in [0.29, 0.717) is 13.0 Å². The van der Waals surface area contributed by atoms with Crippen molar-refractivity contribution in [2.75, 3.05) is 0 Å². The maximum atomic E-state index is 11.4. The minimum Gasteiger partial charge on any atom is -0.481 e. The molecule has 0 aliphatic heterocycles. The molecule has 82 valence electrons. The minimum atomic E-state index is -1.07. The smallest absolute Gasteiger partial charge is 0.316 e. The van der Waals surface area contributed by atoms with Crippen LogP contribution in [0.5, 0.6) is 0 Å². The Hall–Kier alpha value is -1.36. The first-order valence-electron chi connectivity index (χ1n) is 4.68. The molecule has 0 radical (unpaired) electrons. The van der Waals surface area contributed by atoms with Crippen LogP contribution >= 0.6 is 11.3 Å². The van der Waals surface area contributed by atoms with Crippen molar-refractivity contribution in [2.24, 2.45) is 5.92 Å². The van der Waals surface area contributed by atoms with E-state index in [0.717, 1.165) is 4.88 Å². The maximum Gasteiger partial charge on any atom is 0.316 e. The normalized spacial score (nSPS) is 12.1. The molecular formula is C10H13NO3S. The average molecular weight is 227 g/mol. The molecular weight excluding hydrogens is 214 g/mol. The van der Waals surface area contributed by atoms with Gasteiger partial charge in [0, 0.05) is 4.88 Å². The second-order valence-corrected chi connectivity index (χ2v) is 4.13. The summed E-state index contributed by atoms with van der Waals surface area (Å²) in [6, 6.07) is 3.79. The largest absolute Gasteiger partial charge is 0.481 e. The van der Waals surface area contributed by atoms with Crippen molar-refractivity contribution < 1.29 is 14.7 Å². The van der Waals surface area contributed by atoms with Crippen LogP contribution in [0.1, 0.15) is 18.2 Å². The van der Waals surface area contributed by atoms with Crippen molar-refractivity contribution in [1.29, 1.82) is 0 Å². The number of carboxylic acid groups (broad SMARTS) is 1. The van der Waals surface area contributed by atoms with Crippen molar-refractivity contribution >= 4 is 23.2 Å². The Bertz CT molecular complexity index is 334. The summed E-state index contributed by atoms with van der Waals surface area (Å²) in [6.07, 6.45) is 0.311. The molecule has 1 aromatic heterocycles. The summed E-state index contributed by atoms with van der Waals surface area (Å²) in [5.41, 5.74) is 0. The molecule has 0 aliphatic rings. The number of carbonyl (C=O) groups excluding carboxylic acids is 1. The van der Waals surface area contributed by atoms with Gasteiger partial charge in [0.05, 0.1) is 6.54 Å². The Morgan fingerprint density at radius 3 is 2.80 bits per heavy atom. The van der Waals surface area contributed by atoms with Crippen molar-refractivity contribution in [2.45, 2.75) is 19.9 Å². The van der Waals surface area contributed by atoms with Crippen LogP contribution in [-0.2, 0) is 16.1 Å². The van der Waals surface area contributed by atoms with E-state index in [2.05, 4.69) is 5.32 Å². The van der Waals surface area contributed by atoms with Gasteiger partial charge >= 0.3 is 5.97 Å². The van der Waals surface area contributed by atoms with Gasteiger partial charge in [0.1, 0.15) is 5.92 Å². The lowest BCUT2D eigenvalue weighted by molar-refractivity contribution is -0.147. The monoisotopic (exact) mass is 227 g/mol. The highest BCUT2D eigenvalue weighted by molar-refractivity contribution is 7.09. The molecule has 1 atom stereocenters. The van der Waals surface area contributed by atoms with Crippen LogP contribution in [-0.4, -0.2) is 17.0 Å². The molecule has 0 spiro atoms.